The lowest BCUT2D eigenvalue weighted by Gasteiger charge is -1.95. The number of amides is 1. The van der Waals surface area contributed by atoms with Gasteiger partial charge in [0, 0.05) is 12.2 Å². The van der Waals surface area contributed by atoms with Crippen LogP contribution in [0.3, 0.4) is 0 Å². The average Bonchev–Trinajstić information content (AvgIpc) is 2.51. The van der Waals surface area contributed by atoms with E-state index in [2.05, 4.69) is 15.2 Å². The Bertz CT molecular complexity index is 286. The van der Waals surface area contributed by atoms with Gasteiger partial charge in [-0.2, -0.15) is 4.98 Å². The first-order chi connectivity index (χ1) is 6.22. The minimum absolute atomic E-state index is 0.212. The third kappa shape index (κ3) is 3.30. The number of nitrogens with two attached hydrogens (primary N) is 2. The molecular weight excluding hydrogens is 192 g/mol. The number of aromatic amines is 1. The number of nitrogens with zero attached hydrogens (tertiary/aromatic N) is 2. The van der Waals surface area contributed by atoms with Gasteiger partial charge in [0.2, 0.25) is 17.0 Å². The first-order valence-electron chi connectivity index (χ1n) is 3.52. The van der Waals surface area contributed by atoms with Crippen molar-refractivity contribution in [2.75, 3.05) is 11.5 Å². The predicted octanol–water partition coefficient (Wildman–Crippen LogP) is -1.14. The zero-order valence-electron chi connectivity index (χ0n) is 6.78. The van der Waals surface area contributed by atoms with Crippen LogP contribution in [0, 0.1) is 0 Å². The fourth-order valence-corrected chi connectivity index (χ4v) is 1.37. The first-order valence-corrected chi connectivity index (χ1v) is 4.51. The number of hydrazine groups is 1. The van der Waals surface area contributed by atoms with Gasteiger partial charge in [0.25, 0.3) is 0 Å². The van der Waals surface area contributed by atoms with Gasteiger partial charge in [-0.05, 0) is 0 Å². The molecule has 0 saturated carbocycles. The molecule has 1 amide bonds. The van der Waals surface area contributed by atoms with Crippen molar-refractivity contribution in [3.63, 3.8) is 0 Å². The van der Waals surface area contributed by atoms with Crippen LogP contribution in [-0.4, -0.2) is 26.8 Å². The number of nitrogen functional groups attached to an aromatic ring is 1. The molecule has 0 aliphatic rings. The third-order valence-corrected chi connectivity index (χ3v) is 2.05. The second-order valence-electron chi connectivity index (χ2n) is 2.17. The Balaban J connectivity index is 2.24. The Morgan fingerprint density at radius 2 is 2.46 bits per heavy atom. The molecule has 0 saturated heterocycles. The van der Waals surface area contributed by atoms with Crippen LogP contribution in [0.1, 0.15) is 6.42 Å². The highest BCUT2D eigenvalue weighted by Gasteiger charge is 2.02. The lowest BCUT2D eigenvalue weighted by atomic mass is 10.5. The quantitative estimate of drug-likeness (QED) is 0.212. The predicted molar refractivity (Wildman–Crippen MR) is 48.5 cm³/mol. The van der Waals surface area contributed by atoms with Crippen molar-refractivity contribution in [2.24, 2.45) is 5.84 Å². The monoisotopic (exact) mass is 202 g/mol. The molecule has 7 nitrogen and oxygen atoms in total. The Labute approximate surface area is 78.6 Å². The summed E-state index contributed by atoms with van der Waals surface area (Å²) in [5, 5.41) is 6.80. The van der Waals surface area contributed by atoms with Crippen LogP contribution < -0.4 is 17.0 Å². The smallest absolute Gasteiger partial charge is 0.234 e. The minimum atomic E-state index is -0.212. The number of thioether (sulfide) groups is 1. The second-order valence-corrected chi connectivity index (χ2v) is 3.23. The summed E-state index contributed by atoms with van der Waals surface area (Å²) in [5.41, 5.74) is 7.33. The van der Waals surface area contributed by atoms with Crippen molar-refractivity contribution >= 4 is 23.6 Å². The van der Waals surface area contributed by atoms with Gasteiger partial charge in [0.1, 0.15) is 0 Å². The van der Waals surface area contributed by atoms with Gasteiger partial charge in [-0.25, -0.2) is 10.9 Å². The number of carbonyl (C=O) groups excluding carboxylic acids is 1. The molecule has 8 heteroatoms. The number of hydrogen-bond acceptors (Lipinski definition) is 6. The van der Waals surface area contributed by atoms with E-state index >= 15 is 0 Å². The standard InChI is InChI=1S/C5H10N6OS/c6-4-8-5(11-10-4)13-2-1-3(12)9-7/h1-2,7H2,(H,9,12)(H3,6,8,10,11). The summed E-state index contributed by atoms with van der Waals surface area (Å²) in [6.07, 6.45) is 0.329. The van der Waals surface area contributed by atoms with E-state index < -0.39 is 0 Å². The van der Waals surface area contributed by atoms with E-state index in [1.807, 2.05) is 5.43 Å². The normalized spacial score (nSPS) is 9.92. The van der Waals surface area contributed by atoms with Gasteiger partial charge >= 0.3 is 0 Å². The number of hydrogen-bond donors (Lipinski definition) is 4. The van der Waals surface area contributed by atoms with E-state index in [1.54, 1.807) is 0 Å². The minimum Gasteiger partial charge on any atom is -0.368 e. The average molecular weight is 202 g/mol. The van der Waals surface area contributed by atoms with Crippen molar-refractivity contribution in [2.45, 2.75) is 11.6 Å². The molecule has 0 unspecified atom stereocenters. The Morgan fingerprint density at radius 3 is 3.00 bits per heavy atom. The van der Waals surface area contributed by atoms with Gasteiger partial charge in [-0.15, -0.1) is 5.10 Å². The van der Waals surface area contributed by atoms with E-state index in [0.29, 0.717) is 17.3 Å². The molecule has 0 aliphatic carbocycles. The summed E-state index contributed by atoms with van der Waals surface area (Å²) in [7, 11) is 0. The molecule has 6 N–H and O–H groups in total. The van der Waals surface area contributed by atoms with Crippen LogP contribution in [0.25, 0.3) is 0 Å². The van der Waals surface area contributed by atoms with E-state index in [4.69, 9.17) is 11.6 Å². The molecule has 0 aliphatic heterocycles. The Morgan fingerprint density at radius 1 is 1.69 bits per heavy atom. The van der Waals surface area contributed by atoms with Gasteiger partial charge in [-0.3, -0.25) is 10.2 Å². The zero-order valence-corrected chi connectivity index (χ0v) is 7.60. The maximum atomic E-state index is 10.7. The second kappa shape index (κ2) is 4.67. The number of anilines is 1. The number of H-pyrrole nitrogens is 1. The molecule has 0 spiro atoms. The van der Waals surface area contributed by atoms with E-state index in [1.165, 1.54) is 11.8 Å². The van der Waals surface area contributed by atoms with Crippen LogP contribution in [0.2, 0.25) is 0 Å². The van der Waals surface area contributed by atoms with Crippen molar-refractivity contribution in [3.8, 4) is 0 Å². The maximum Gasteiger partial charge on any atom is 0.234 e. The molecule has 0 fully saturated rings. The molecule has 1 rings (SSSR count). The highest BCUT2D eigenvalue weighted by atomic mass is 32.2. The lowest BCUT2D eigenvalue weighted by Crippen LogP contribution is -2.30. The molecule has 0 atom stereocenters. The van der Waals surface area contributed by atoms with Crippen LogP contribution in [0.5, 0.6) is 0 Å². The Hall–Kier alpha value is -1.28. The first kappa shape index (κ1) is 9.81. The van der Waals surface area contributed by atoms with E-state index in [0.717, 1.165) is 0 Å². The van der Waals surface area contributed by atoms with E-state index in [-0.39, 0.29) is 11.9 Å². The van der Waals surface area contributed by atoms with Crippen molar-refractivity contribution < 1.29 is 4.79 Å². The number of carbonyl (C=O) groups is 1. The SMILES string of the molecule is NNC(=O)CCSc1n[nH]c(N)n1. The van der Waals surface area contributed by atoms with Crippen molar-refractivity contribution in [1.29, 1.82) is 0 Å². The number of rotatable bonds is 4. The topological polar surface area (TPSA) is 123 Å². The maximum absolute atomic E-state index is 10.7. The summed E-state index contributed by atoms with van der Waals surface area (Å²) in [4.78, 5) is 14.5. The molecule has 0 bridgehead atoms. The van der Waals surface area contributed by atoms with E-state index in [9.17, 15) is 4.79 Å². The summed E-state index contributed by atoms with van der Waals surface area (Å²) in [6, 6.07) is 0. The fourth-order valence-electron chi connectivity index (χ4n) is 0.630. The molecule has 72 valence electrons. The van der Waals surface area contributed by atoms with Crippen molar-refractivity contribution in [1.82, 2.24) is 20.6 Å². The zero-order chi connectivity index (χ0) is 9.68. The highest BCUT2D eigenvalue weighted by Crippen LogP contribution is 2.13. The van der Waals surface area contributed by atoms with Crippen LogP contribution in [0.15, 0.2) is 5.16 Å². The van der Waals surface area contributed by atoms with Crippen LogP contribution >= 0.6 is 11.8 Å². The molecule has 0 aromatic carbocycles. The van der Waals surface area contributed by atoms with Gasteiger partial charge in [0.05, 0.1) is 0 Å². The Kier molecular flexibility index (Phi) is 3.53. The fraction of sp³-hybridized carbons (Fsp3) is 0.400. The molecule has 1 aromatic rings. The summed E-state index contributed by atoms with van der Waals surface area (Å²) >= 11 is 1.34. The number of nitrogens with one attached hydrogen (secondary N) is 2. The summed E-state index contributed by atoms with van der Waals surface area (Å²) in [5.74, 6) is 5.52. The van der Waals surface area contributed by atoms with Crippen LogP contribution in [-0.2, 0) is 4.79 Å². The molecule has 1 heterocycles. The molecule has 13 heavy (non-hydrogen) atoms. The molecule has 0 radical (unpaired) electrons. The van der Waals surface area contributed by atoms with Gasteiger partial charge in [-0.1, -0.05) is 11.8 Å². The summed E-state index contributed by atoms with van der Waals surface area (Å²) in [6.45, 7) is 0. The van der Waals surface area contributed by atoms with Gasteiger partial charge in [0.15, 0.2) is 0 Å². The molecular formula is C5H10N6OS. The summed E-state index contributed by atoms with van der Waals surface area (Å²) < 4.78 is 0. The highest BCUT2D eigenvalue weighted by molar-refractivity contribution is 7.99. The van der Waals surface area contributed by atoms with Gasteiger partial charge < -0.3 is 5.73 Å². The largest absolute Gasteiger partial charge is 0.368 e. The molecule has 1 aromatic heterocycles. The van der Waals surface area contributed by atoms with Crippen LogP contribution in [0.4, 0.5) is 5.95 Å². The third-order valence-electron chi connectivity index (χ3n) is 1.20. The number of aromatic nitrogens is 3. The lowest BCUT2D eigenvalue weighted by molar-refractivity contribution is -0.120. The van der Waals surface area contributed by atoms with Crippen molar-refractivity contribution in [3.05, 3.63) is 0 Å².